The van der Waals surface area contributed by atoms with Crippen molar-refractivity contribution in [1.82, 2.24) is 19.6 Å². The number of hydrogen-bond acceptors (Lipinski definition) is 3. The summed E-state index contributed by atoms with van der Waals surface area (Å²) in [7, 11) is 0. The van der Waals surface area contributed by atoms with Crippen molar-refractivity contribution in [2.75, 3.05) is 19.6 Å². The van der Waals surface area contributed by atoms with E-state index in [2.05, 4.69) is 5.10 Å². The predicted octanol–water partition coefficient (Wildman–Crippen LogP) is 2.09. The summed E-state index contributed by atoms with van der Waals surface area (Å²) in [5.41, 5.74) is 0.602. The van der Waals surface area contributed by atoms with E-state index in [0.29, 0.717) is 30.4 Å². The molecule has 0 unspecified atom stereocenters. The van der Waals surface area contributed by atoms with Crippen LogP contribution in [-0.4, -0.2) is 57.1 Å². The summed E-state index contributed by atoms with van der Waals surface area (Å²) in [5.74, 6) is -0.167. The molecule has 3 heterocycles. The van der Waals surface area contributed by atoms with Gasteiger partial charge in [0.05, 0.1) is 6.04 Å². The topological polar surface area (TPSA) is 58.4 Å². The highest BCUT2D eigenvalue weighted by Gasteiger charge is 2.42. The zero-order valence-electron chi connectivity index (χ0n) is 14.6. The van der Waals surface area contributed by atoms with Crippen LogP contribution in [0.15, 0.2) is 36.5 Å². The number of hydrogen-bond donors (Lipinski definition) is 0. The van der Waals surface area contributed by atoms with Gasteiger partial charge in [-0.2, -0.15) is 5.10 Å². The fourth-order valence-electron chi connectivity index (χ4n) is 4.11. The smallest absolute Gasteiger partial charge is 0.274 e. The molecular weight excluding hydrogens is 335 g/mol. The number of rotatable bonds is 2. The molecule has 0 bridgehead atoms. The molecule has 2 fully saturated rings. The first kappa shape index (κ1) is 16.8. The van der Waals surface area contributed by atoms with Gasteiger partial charge in [0.2, 0.25) is 5.91 Å². The van der Waals surface area contributed by atoms with Crippen molar-refractivity contribution >= 4 is 11.8 Å². The Morgan fingerprint density at radius 1 is 1.19 bits per heavy atom. The fourth-order valence-corrected chi connectivity index (χ4v) is 4.11. The quantitative estimate of drug-likeness (QED) is 0.828. The molecule has 26 heavy (non-hydrogen) atoms. The van der Waals surface area contributed by atoms with Gasteiger partial charge >= 0.3 is 0 Å². The van der Waals surface area contributed by atoms with Crippen LogP contribution in [-0.2, 0) is 4.79 Å². The van der Waals surface area contributed by atoms with Crippen molar-refractivity contribution in [3.8, 4) is 5.69 Å². The monoisotopic (exact) mass is 356 g/mol. The van der Waals surface area contributed by atoms with Crippen molar-refractivity contribution in [2.24, 2.45) is 5.92 Å². The highest BCUT2D eigenvalue weighted by Crippen LogP contribution is 2.31. The number of carbonyl (C=O) groups is 2. The maximum Gasteiger partial charge on any atom is 0.274 e. The first-order chi connectivity index (χ1) is 12.5. The number of likely N-dealkylation sites (tertiary alicyclic amines) is 2. The van der Waals surface area contributed by atoms with Crippen LogP contribution in [0.5, 0.6) is 0 Å². The van der Waals surface area contributed by atoms with Gasteiger partial charge in [0, 0.05) is 32.8 Å². The SMILES string of the molecule is CC(=O)N1CCC[C@H]2CN(C(=O)c3ccn(-c4ccccc4F)n3)C[C@H]21. The fraction of sp³-hybridized carbons (Fsp3) is 0.421. The maximum atomic E-state index is 13.9. The molecule has 0 N–H and O–H groups in total. The van der Waals surface area contributed by atoms with E-state index in [1.165, 1.54) is 10.7 Å². The average Bonchev–Trinajstić information content (AvgIpc) is 3.28. The molecule has 7 heteroatoms. The van der Waals surface area contributed by atoms with Gasteiger partial charge in [-0.1, -0.05) is 12.1 Å². The largest absolute Gasteiger partial charge is 0.338 e. The molecule has 6 nitrogen and oxygen atoms in total. The first-order valence-corrected chi connectivity index (χ1v) is 8.91. The van der Waals surface area contributed by atoms with E-state index < -0.39 is 0 Å². The van der Waals surface area contributed by atoms with E-state index >= 15 is 0 Å². The van der Waals surface area contributed by atoms with Crippen LogP contribution in [0.2, 0.25) is 0 Å². The summed E-state index contributed by atoms with van der Waals surface area (Å²) in [4.78, 5) is 28.4. The van der Waals surface area contributed by atoms with E-state index in [4.69, 9.17) is 0 Å². The Labute approximate surface area is 151 Å². The highest BCUT2D eigenvalue weighted by molar-refractivity contribution is 5.92. The zero-order chi connectivity index (χ0) is 18.3. The van der Waals surface area contributed by atoms with Gasteiger partial charge in [-0.05, 0) is 37.0 Å². The number of carbonyl (C=O) groups excluding carboxylic acids is 2. The molecule has 2 atom stereocenters. The van der Waals surface area contributed by atoms with Gasteiger partial charge in [-0.3, -0.25) is 9.59 Å². The van der Waals surface area contributed by atoms with E-state index in [1.807, 2.05) is 4.90 Å². The third-order valence-electron chi connectivity index (χ3n) is 5.38. The number of benzene rings is 1. The van der Waals surface area contributed by atoms with Gasteiger partial charge < -0.3 is 9.80 Å². The molecule has 1 aromatic carbocycles. The summed E-state index contributed by atoms with van der Waals surface area (Å²) in [6.07, 6.45) is 3.60. The standard InChI is InChI=1S/C19H21FN4O2/c1-13(25)23-9-4-5-14-11-22(12-18(14)23)19(26)16-8-10-24(21-16)17-7-3-2-6-15(17)20/h2-3,6-8,10,14,18H,4-5,9,11-12H2,1H3/t14-,18+/m0/s1. The summed E-state index contributed by atoms with van der Waals surface area (Å²) < 4.78 is 15.3. The molecule has 2 aliphatic heterocycles. The molecule has 0 spiro atoms. The summed E-state index contributed by atoms with van der Waals surface area (Å²) in [6, 6.07) is 8.02. The second-order valence-electron chi connectivity index (χ2n) is 6.99. The first-order valence-electron chi connectivity index (χ1n) is 8.91. The molecule has 0 radical (unpaired) electrons. The van der Waals surface area contributed by atoms with E-state index in [-0.39, 0.29) is 23.7 Å². The molecule has 4 rings (SSSR count). The molecule has 2 aromatic rings. The Hall–Kier alpha value is -2.70. The molecule has 0 saturated carbocycles. The lowest BCUT2D eigenvalue weighted by Crippen LogP contribution is -2.47. The molecule has 2 aliphatic rings. The number of nitrogens with zero attached hydrogens (tertiary/aromatic N) is 4. The lowest BCUT2D eigenvalue weighted by atomic mass is 9.92. The van der Waals surface area contributed by atoms with Gasteiger partial charge in [-0.25, -0.2) is 9.07 Å². The number of fused-ring (bicyclic) bond motifs is 1. The molecular formula is C19H21FN4O2. The second-order valence-corrected chi connectivity index (χ2v) is 6.99. The van der Waals surface area contributed by atoms with E-state index in [9.17, 15) is 14.0 Å². The Bertz CT molecular complexity index is 850. The Kier molecular flexibility index (Phi) is 4.22. The Morgan fingerprint density at radius 2 is 2.00 bits per heavy atom. The lowest BCUT2D eigenvalue weighted by molar-refractivity contribution is -0.133. The van der Waals surface area contributed by atoms with Gasteiger partial charge in [0.1, 0.15) is 11.5 Å². The van der Waals surface area contributed by atoms with Crippen molar-refractivity contribution in [1.29, 1.82) is 0 Å². The number of aromatic nitrogens is 2. The molecule has 2 saturated heterocycles. The minimum atomic E-state index is -0.390. The average molecular weight is 356 g/mol. The van der Waals surface area contributed by atoms with Crippen LogP contribution in [0.3, 0.4) is 0 Å². The molecule has 0 aliphatic carbocycles. The zero-order valence-corrected chi connectivity index (χ0v) is 14.6. The maximum absolute atomic E-state index is 13.9. The normalized spacial score (nSPS) is 22.4. The number of para-hydroxylation sites is 1. The van der Waals surface area contributed by atoms with Crippen molar-refractivity contribution in [2.45, 2.75) is 25.8 Å². The second kappa shape index (κ2) is 6.55. The minimum absolute atomic E-state index is 0.0674. The number of piperidine rings is 1. The van der Waals surface area contributed by atoms with E-state index in [1.54, 1.807) is 42.3 Å². The minimum Gasteiger partial charge on any atom is -0.338 e. The third-order valence-corrected chi connectivity index (χ3v) is 5.38. The van der Waals surface area contributed by atoms with E-state index in [0.717, 1.165) is 19.4 Å². The van der Waals surface area contributed by atoms with Gasteiger partial charge in [0.25, 0.3) is 5.91 Å². The molecule has 1 aromatic heterocycles. The Morgan fingerprint density at radius 3 is 2.77 bits per heavy atom. The van der Waals surface area contributed by atoms with Gasteiger partial charge in [0.15, 0.2) is 5.69 Å². The lowest BCUT2D eigenvalue weighted by Gasteiger charge is -2.36. The van der Waals surface area contributed by atoms with Crippen LogP contribution in [0, 0.1) is 11.7 Å². The van der Waals surface area contributed by atoms with Crippen LogP contribution < -0.4 is 0 Å². The third kappa shape index (κ3) is 2.87. The van der Waals surface area contributed by atoms with Crippen molar-refractivity contribution < 1.29 is 14.0 Å². The van der Waals surface area contributed by atoms with Crippen molar-refractivity contribution in [3.05, 3.63) is 48.0 Å². The molecule has 2 amide bonds. The Balaban J connectivity index is 1.52. The summed E-state index contributed by atoms with van der Waals surface area (Å²) >= 11 is 0. The van der Waals surface area contributed by atoms with Crippen LogP contribution in [0.4, 0.5) is 4.39 Å². The van der Waals surface area contributed by atoms with Crippen molar-refractivity contribution in [3.63, 3.8) is 0 Å². The molecule has 136 valence electrons. The summed E-state index contributed by atoms with van der Waals surface area (Å²) in [5, 5.41) is 4.26. The highest BCUT2D eigenvalue weighted by atomic mass is 19.1. The number of amides is 2. The summed E-state index contributed by atoms with van der Waals surface area (Å²) in [6.45, 7) is 3.53. The van der Waals surface area contributed by atoms with Crippen LogP contribution in [0.1, 0.15) is 30.3 Å². The predicted molar refractivity (Wildman–Crippen MR) is 93.3 cm³/mol. The van der Waals surface area contributed by atoms with Crippen LogP contribution in [0.25, 0.3) is 5.69 Å². The van der Waals surface area contributed by atoms with Gasteiger partial charge in [-0.15, -0.1) is 0 Å². The number of halogens is 1. The van der Waals surface area contributed by atoms with Crippen LogP contribution >= 0.6 is 0 Å².